The molecule has 1 aromatic rings. The summed E-state index contributed by atoms with van der Waals surface area (Å²) in [6, 6.07) is 1.91. The number of halogens is 1. The third-order valence-electron chi connectivity index (χ3n) is 2.81. The van der Waals surface area contributed by atoms with Gasteiger partial charge in [0.15, 0.2) is 0 Å². The third-order valence-corrected chi connectivity index (χ3v) is 3.02. The molecule has 0 bridgehead atoms. The van der Waals surface area contributed by atoms with Gasteiger partial charge < -0.3 is 10.8 Å². The Bertz CT molecular complexity index is 473. The fourth-order valence-corrected chi connectivity index (χ4v) is 2.29. The number of carbonyl (C=O) groups is 1. The smallest absolute Gasteiger partial charge is 0.303 e. The highest BCUT2D eigenvalue weighted by molar-refractivity contribution is 6.30. The number of pyridine rings is 1. The van der Waals surface area contributed by atoms with Crippen LogP contribution in [0.4, 0.5) is 0 Å². The number of carboxylic acid groups (broad SMARTS) is 1. The van der Waals surface area contributed by atoms with Crippen molar-refractivity contribution in [3.63, 3.8) is 0 Å². The van der Waals surface area contributed by atoms with Crippen LogP contribution in [-0.2, 0) is 17.6 Å². The number of hydrogen-bond donors (Lipinski definition) is 2. The number of nitrogens with zero attached hydrogens (tertiary/aromatic N) is 1. The topological polar surface area (TPSA) is 76.2 Å². The van der Waals surface area contributed by atoms with Crippen molar-refractivity contribution in [1.29, 1.82) is 0 Å². The van der Waals surface area contributed by atoms with Crippen molar-refractivity contribution >= 4 is 17.6 Å². The minimum atomic E-state index is -0.771. The predicted molar refractivity (Wildman–Crippen MR) is 87.4 cm³/mol. The summed E-state index contributed by atoms with van der Waals surface area (Å²) in [5.41, 5.74) is 6.41. The van der Waals surface area contributed by atoms with Crippen LogP contribution in [0.2, 0.25) is 5.02 Å². The zero-order valence-corrected chi connectivity index (χ0v) is 13.8. The highest BCUT2D eigenvalue weighted by Crippen LogP contribution is 2.28. The summed E-state index contributed by atoms with van der Waals surface area (Å²) >= 11 is 5.97. The molecule has 0 saturated heterocycles. The van der Waals surface area contributed by atoms with E-state index in [0.29, 0.717) is 11.4 Å². The van der Waals surface area contributed by atoms with Crippen LogP contribution < -0.4 is 5.73 Å². The number of aliphatic carboxylic acids is 1. The molecule has 118 valence electrons. The largest absolute Gasteiger partial charge is 0.481 e. The zero-order chi connectivity index (χ0) is 16.5. The van der Waals surface area contributed by atoms with Crippen LogP contribution in [-0.4, -0.2) is 16.1 Å². The first-order chi connectivity index (χ1) is 9.75. The molecule has 0 aliphatic carbocycles. The van der Waals surface area contributed by atoms with Gasteiger partial charge in [-0.1, -0.05) is 45.4 Å². The predicted octanol–water partition coefficient (Wildman–Crippen LogP) is 3.82. The van der Waals surface area contributed by atoms with E-state index in [0.717, 1.165) is 24.1 Å². The summed E-state index contributed by atoms with van der Waals surface area (Å²) < 4.78 is 0. The summed E-state index contributed by atoms with van der Waals surface area (Å²) in [7, 11) is 0. The zero-order valence-electron chi connectivity index (χ0n) is 13.0. The minimum absolute atomic E-state index is 0.144. The minimum Gasteiger partial charge on any atom is -0.481 e. The molecule has 21 heavy (non-hydrogen) atoms. The maximum absolute atomic E-state index is 10.8. The lowest BCUT2D eigenvalue weighted by Gasteiger charge is -2.23. The first kappa shape index (κ1) is 19.4. The van der Waals surface area contributed by atoms with Gasteiger partial charge in [-0.15, -0.1) is 0 Å². The molecule has 0 unspecified atom stereocenters. The highest BCUT2D eigenvalue weighted by atomic mass is 35.5. The van der Waals surface area contributed by atoms with Crippen LogP contribution in [0.25, 0.3) is 0 Å². The molecule has 0 aliphatic rings. The fraction of sp³-hybridized carbons (Fsp3) is 0.500. The van der Waals surface area contributed by atoms with Crippen molar-refractivity contribution in [3.8, 4) is 0 Å². The average Bonchev–Trinajstić information content (AvgIpc) is 2.31. The lowest BCUT2D eigenvalue weighted by molar-refractivity contribution is -0.139. The standard InChI is InChI=1S/C14H20ClNO2.C2H5N/c1-4-5-12-10(6-11(15)9-16-12)7-14(2,3)8-13(17)18;1-2-3/h6,9H,4-5,7-8H2,1-3H3,(H,17,18);2H,1,3H2. The van der Waals surface area contributed by atoms with E-state index in [2.05, 4.69) is 24.2 Å². The van der Waals surface area contributed by atoms with Gasteiger partial charge in [0, 0.05) is 11.9 Å². The van der Waals surface area contributed by atoms with Crippen molar-refractivity contribution in [3.05, 3.63) is 41.3 Å². The molecule has 0 aromatic carbocycles. The molecule has 4 nitrogen and oxygen atoms in total. The van der Waals surface area contributed by atoms with Crippen molar-refractivity contribution < 1.29 is 9.90 Å². The van der Waals surface area contributed by atoms with Crippen LogP contribution in [0.1, 0.15) is 44.9 Å². The number of rotatable bonds is 6. The van der Waals surface area contributed by atoms with E-state index < -0.39 is 5.97 Å². The molecular weight excluding hydrogens is 288 g/mol. The second kappa shape index (κ2) is 9.40. The summed E-state index contributed by atoms with van der Waals surface area (Å²) in [6.07, 6.45) is 5.64. The molecule has 5 heteroatoms. The Morgan fingerprint density at radius 2 is 2.14 bits per heavy atom. The SMILES string of the molecule is C=CN.CCCc1ncc(Cl)cc1CC(C)(C)CC(=O)O. The Kier molecular flexibility index (Phi) is 8.70. The van der Waals surface area contributed by atoms with E-state index in [1.165, 1.54) is 6.20 Å². The molecule has 0 amide bonds. The number of aryl methyl sites for hydroxylation is 1. The Balaban J connectivity index is 0.00000122. The van der Waals surface area contributed by atoms with Crippen molar-refractivity contribution in [1.82, 2.24) is 4.98 Å². The fourth-order valence-electron chi connectivity index (χ4n) is 2.11. The van der Waals surface area contributed by atoms with E-state index in [4.69, 9.17) is 16.7 Å². The molecule has 0 atom stereocenters. The molecule has 0 saturated carbocycles. The number of carboxylic acids is 1. The van der Waals surface area contributed by atoms with Gasteiger partial charge in [-0.25, -0.2) is 0 Å². The molecule has 1 heterocycles. The average molecular weight is 313 g/mol. The van der Waals surface area contributed by atoms with Crippen LogP contribution >= 0.6 is 11.6 Å². The normalized spacial score (nSPS) is 10.5. The molecule has 1 rings (SSSR count). The second-order valence-corrected chi connectivity index (χ2v) is 6.09. The van der Waals surface area contributed by atoms with Gasteiger partial charge in [0.2, 0.25) is 0 Å². The first-order valence-corrected chi connectivity index (χ1v) is 7.31. The van der Waals surface area contributed by atoms with Crippen LogP contribution in [0.5, 0.6) is 0 Å². The van der Waals surface area contributed by atoms with E-state index >= 15 is 0 Å². The molecule has 0 radical (unpaired) electrons. The molecule has 0 fully saturated rings. The van der Waals surface area contributed by atoms with Gasteiger partial charge in [-0.2, -0.15) is 0 Å². The van der Waals surface area contributed by atoms with E-state index in [1.807, 2.05) is 19.9 Å². The maximum Gasteiger partial charge on any atom is 0.303 e. The third kappa shape index (κ3) is 8.35. The van der Waals surface area contributed by atoms with E-state index in [9.17, 15) is 4.79 Å². The summed E-state index contributed by atoms with van der Waals surface area (Å²) in [6.45, 7) is 9.15. The molecule has 1 aromatic heterocycles. The molecule has 3 N–H and O–H groups in total. The first-order valence-electron chi connectivity index (χ1n) is 6.93. The van der Waals surface area contributed by atoms with E-state index in [-0.39, 0.29) is 11.8 Å². The van der Waals surface area contributed by atoms with Crippen molar-refractivity contribution in [2.75, 3.05) is 0 Å². The van der Waals surface area contributed by atoms with Crippen LogP contribution in [0.15, 0.2) is 25.0 Å². The Hall–Kier alpha value is -1.55. The number of aromatic nitrogens is 1. The molecule has 0 aliphatic heterocycles. The van der Waals surface area contributed by atoms with Gasteiger partial charge in [0.25, 0.3) is 0 Å². The van der Waals surface area contributed by atoms with Gasteiger partial charge in [-0.3, -0.25) is 9.78 Å². The van der Waals surface area contributed by atoms with Gasteiger partial charge >= 0.3 is 5.97 Å². The maximum atomic E-state index is 10.8. The quantitative estimate of drug-likeness (QED) is 0.837. The molecular formula is C16H25ClN2O2. The number of hydrogen-bond acceptors (Lipinski definition) is 3. The highest BCUT2D eigenvalue weighted by Gasteiger charge is 2.23. The molecule has 0 spiro atoms. The van der Waals surface area contributed by atoms with E-state index in [1.54, 1.807) is 6.20 Å². The van der Waals surface area contributed by atoms with Crippen molar-refractivity contribution in [2.45, 2.75) is 46.5 Å². The second-order valence-electron chi connectivity index (χ2n) is 5.66. The lowest BCUT2D eigenvalue weighted by Crippen LogP contribution is -2.20. The lowest BCUT2D eigenvalue weighted by atomic mass is 9.82. The summed E-state index contributed by atoms with van der Waals surface area (Å²) in [4.78, 5) is 15.2. The Morgan fingerprint density at radius 1 is 1.57 bits per heavy atom. The van der Waals surface area contributed by atoms with Crippen LogP contribution in [0.3, 0.4) is 0 Å². The Morgan fingerprint density at radius 3 is 2.62 bits per heavy atom. The van der Waals surface area contributed by atoms with Gasteiger partial charge in [0.05, 0.1) is 11.4 Å². The Labute approximate surface area is 132 Å². The van der Waals surface area contributed by atoms with Crippen LogP contribution in [0, 0.1) is 5.41 Å². The summed E-state index contributed by atoms with van der Waals surface area (Å²) in [5.74, 6) is -0.771. The van der Waals surface area contributed by atoms with Gasteiger partial charge in [0.1, 0.15) is 0 Å². The summed E-state index contributed by atoms with van der Waals surface area (Å²) in [5, 5.41) is 9.52. The van der Waals surface area contributed by atoms with Gasteiger partial charge in [-0.05, 0) is 36.1 Å². The van der Waals surface area contributed by atoms with Crippen molar-refractivity contribution in [2.24, 2.45) is 11.1 Å². The monoisotopic (exact) mass is 312 g/mol. The number of nitrogens with two attached hydrogens (primary N) is 1.